The molecule has 0 aliphatic heterocycles. The van der Waals surface area contributed by atoms with Crippen molar-refractivity contribution < 1.29 is 4.79 Å². The topological polar surface area (TPSA) is 29.1 Å². The van der Waals surface area contributed by atoms with Crippen LogP contribution in [0.4, 0.5) is 0 Å². The quantitative estimate of drug-likeness (QED) is 0.603. The molecule has 1 N–H and O–H groups in total. The second-order valence-corrected chi connectivity index (χ2v) is 5.89. The van der Waals surface area contributed by atoms with Crippen molar-refractivity contribution in [2.24, 2.45) is 5.92 Å². The van der Waals surface area contributed by atoms with E-state index in [2.05, 4.69) is 34.8 Å². The molecule has 1 unspecified atom stereocenters. The van der Waals surface area contributed by atoms with Gasteiger partial charge in [0.15, 0.2) is 0 Å². The first kappa shape index (κ1) is 15.1. The van der Waals surface area contributed by atoms with Crippen LogP contribution in [0.25, 0.3) is 0 Å². The molecule has 1 atom stereocenters. The van der Waals surface area contributed by atoms with Crippen molar-refractivity contribution in [3.8, 4) is 0 Å². The van der Waals surface area contributed by atoms with Crippen LogP contribution in [0.3, 0.4) is 0 Å². The Morgan fingerprint density at radius 1 is 1.53 bits per heavy atom. The Morgan fingerprint density at radius 3 is 2.88 bits per heavy atom. The first-order valence-electron chi connectivity index (χ1n) is 5.33. The third-order valence-corrected chi connectivity index (χ3v) is 3.78. The predicted molar refractivity (Wildman–Crippen MR) is 81.0 cm³/mol. The molecule has 0 radical (unpaired) electrons. The Balaban J connectivity index is 2.61. The lowest BCUT2D eigenvalue weighted by Gasteiger charge is -2.12. The SMILES string of the molecule is CC(CCCl)CNC(=O)c1cc(Cl)ccc1I. The van der Waals surface area contributed by atoms with E-state index in [0.29, 0.717) is 28.9 Å². The molecular formula is C12H14Cl2INO. The highest BCUT2D eigenvalue weighted by molar-refractivity contribution is 14.1. The van der Waals surface area contributed by atoms with Crippen molar-refractivity contribution in [3.63, 3.8) is 0 Å². The van der Waals surface area contributed by atoms with Gasteiger partial charge in [0, 0.05) is 21.0 Å². The van der Waals surface area contributed by atoms with Crippen LogP contribution in [0.2, 0.25) is 5.02 Å². The molecule has 0 bridgehead atoms. The van der Waals surface area contributed by atoms with Gasteiger partial charge in [0.1, 0.15) is 0 Å². The van der Waals surface area contributed by atoms with Crippen molar-refractivity contribution in [1.29, 1.82) is 0 Å². The molecule has 5 heteroatoms. The summed E-state index contributed by atoms with van der Waals surface area (Å²) in [5.74, 6) is 0.915. The zero-order chi connectivity index (χ0) is 12.8. The normalized spacial score (nSPS) is 12.2. The van der Waals surface area contributed by atoms with Gasteiger partial charge < -0.3 is 5.32 Å². The minimum atomic E-state index is -0.0849. The van der Waals surface area contributed by atoms with Gasteiger partial charge in [0.05, 0.1) is 5.56 Å². The molecular weight excluding hydrogens is 372 g/mol. The standard InChI is InChI=1S/C12H14Cl2INO/c1-8(4-5-13)7-16-12(17)10-6-9(14)2-3-11(10)15/h2-3,6,8H,4-5,7H2,1H3,(H,16,17). The van der Waals surface area contributed by atoms with E-state index in [1.807, 2.05) is 6.07 Å². The molecule has 0 aliphatic rings. The molecule has 0 saturated carbocycles. The highest BCUT2D eigenvalue weighted by atomic mass is 127. The highest BCUT2D eigenvalue weighted by Gasteiger charge is 2.11. The number of rotatable bonds is 5. The summed E-state index contributed by atoms with van der Waals surface area (Å²) >= 11 is 13.6. The Bertz CT molecular complexity index is 398. The molecule has 94 valence electrons. The number of alkyl halides is 1. The molecule has 1 aromatic carbocycles. The van der Waals surface area contributed by atoms with E-state index >= 15 is 0 Å². The van der Waals surface area contributed by atoms with Crippen LogP contribution in [0, 0.1) is 9.49 Å². The summed E-state index contributed by atoms with van der Waals surface area (Å²) in [5, 5.41) is 3.46. The number of amides is 1. The highest BCUT2D eigenvalue weighted by Crippen LogP contribution is 2.17. The average molecular weight is 386 g/mol. The second kappa shape index (κ2) is 7.44. The Kier molecular flexibility index (Phi) is 6.59. The first-order valence-corrected chi connectivity index (χ1v) is 7.33. The van der Waals surface area contributed by atoms with Crippen LogP contribution in [0.1, 0.15) is 23.7 Å². The summed E-state index contributed by atoms with van der Waals surface area (Å²) in [4.78, 5) is 11.9. The number of halogens is 3. The fourth-order valence-electron chi connectivity index (χ4n) is 1.32. The van der Waals surface area contributed by atoms with E-state index in [0.717, 1.165) is 9.99 Å². The smallest absolute Gasteiger partial charge is 0.252 e. The van der Waals surface area contributed by atoms with Crippen molar-refractivity contribution in [2.75, 3.05) is 12.4 Å². The Morgan fingerprint density at radius 2 is 2.24 bits per heavy atom. The summed E-state index contributed by atoms with van der Waals surface area (Å²) in [5.41, 5.74) is 0.621. The summed E-state index contributed by atoms with van der Waals surface area (Å²) < 4.78 is 0.898. The summed E-state index contributed by atoms with van der Waals surface area (Å²) in [6, 6.07) is 5.29. The minimum absolute atomic E-state index is 0.0849. The number of hydrogen-bond acceptors (Lipinski definition) is 1. The molecule has 1 amide bonds. The largest absolute Gasteiger partial charge is 0.352 e. The van der Waals surface area contributed by atoms with E-state index in [-0.39, 0.29) is 5.91 Å². The molecule has 2 nitrogen and oxygen atoms in total. The number of benzene rings is 1. The van der Waals surface area contributed by atoms with Gasteiger partial charge in [-0.3, -0.25) is 4.79 Å². The number of hydrogen-bond donors (Lipinski definition) is 1. The fourth-order valence-corrected chi connectivity index (χ4v) is 2.45. The third kappa shape index (κ3) is 5.02. The van der Waals surface area contributed by atoms with Crippen molar-refractivity contribution in [2.45, 2.75) is 13.3 Å². The van der Waals surface area contributed by atoms with Crippen molar-refractivity contribution in [3.05, 3.63) is 32.4 Å². The molecule has 0 fully saturated rings. The van der Waals surface area contributed by atoms with Crippen molar-refractivity contribution >= 4 is 51.7 Å². The fraction of sp³-hybridized carbons (Fsp3) is 0.417. The molecule has 0 heterocycles. The molecule has 1 aromatic rings. The molecule has 0 aliphatic carbocycles. The monoisotopic (exact) mass is 385 g/mol. The van der Waals surface area contributed by atoms with Crippen LogP contribution in [0.5, 0.6) is 0 Å². The van der Waals surface area contributed by atoms with Gasteiger partial charge in [0.25, 0.3) is 5.91 Å². The summed E-state index contributed by atoms with van der Waals surface area (Å²) in [6.45, 7) is 2.69. The predicted octanol–water partition coefficient (Wildman–Crippen LogP) is 3.94. The van der Waals surface area contributed by atoms with Crippen LogP contribution in [-0.4, -0.2) is 18.3 Å². The lowest BCUT2D eigenvalue weighted by molar-refractivity contribution is 0.0947. The maximum absolute atomic E-state index is 11.9. The summed E-state index contributed by atoms with van der Waals surface area (Å²) in [7, 11) is 0. The van der Waals surface area contributed by atoms with Gasteiger partial charge in [0.2, 0.25) is 0 Å². The van der Waals surface area contributed by atoms with Crippen LogP contribution >= 0.6 is 45.8 Å². The maximum Gasteiger partial charge on any atom is 0.252 e. The molecule has 17 heavy (non-hydrogen) atoms. The van der Waals surface area contributed by atoms with Gasteiger partial charge in [-0.1, -0.05) is 18.5 Å². The van der Waals surface area contributed by atoms with E-state index in [9.17, 15) is 4.79 Å². The van der Waals surface area contributed by atoms with Crippen LogP contribution in [0.15, 0.2) is 18.2 Å². The number of nitrogens with one attached hydrogen (secondary N) is 1. The Labute approximate surface area is 125 Å². The molecule has 0 aromatic heterocycles. The number of carbonyl (C=O) groups is 1. The second-order valence-electron chi connectivity index (χ2n) is 3.92. The Hall–Kier alpha value is -0.000000000000000111. The minimum Gasteiger partial charge on any atom is -0.352 e. The molecule has 0 saturated heterocycles. The molecule has 1 rings (SSSR count). The van der Waals surface area contributed by atoms with E-state index in [1.165, 1.54) is 0 Å². The van der Waals surface area contributed by atoms with E-state index in [4.69, 9.17) is 23.2 Å². The number of carbonyl (C=O) groups excluding carboxylic acids is 1. The van der Waals surface area contributed by atoms with E-state index < -0.39 is 0 Å². The third-order valence-electron chi connectivity index (χ3n) is 2.39. The van der Waals surface area contributed by atoms with E-state index in [1.54, 1.807) is 12.1 Å². The van der Waals surface area contributed by atoms with Crippen molar-refractivity contribution in [1.82, 2.24) is 5.32 Å². The maximum atomic E-state index is 11.9. The zero-order valence-electron chi connectivity index (χ0n) is 9.47. The average Bonchev–Trinajstić information content (AvgIpc) is 2.29. The first-order chi connectivity index (χ1) is 8.04. The summed E-state index contributed by atoms with van der Waals surface area (Å²) in [6.07, 6.45) is 0.897. The van der Waals surface area contributed by atoms with Gasteiger partial charge in [-0.15, -0.1) is 11.6 Å². The van der Waals surface area contributed by atoms with Gasteiger partial charge in [-0.2, -0.15) is 0 Å². The van der Waals surface area contributed by atoms with Gasteiger partial charge >= 0.3 is 0 Å². The lowest BCUT2D eigenvalue weighted by Crippen LogP contribution is -2.29. The van der Waals surface area contributed by atoms with Crippen LogP contribution < -0.4 is 5.32 Å². The zero-order valence-corrected chi connectivity index (χ0v) is 13.1. The molecule has 0 spiro atoms. The lowest BCUT2D eigenvalue weighted by atomic mass is 10.1. The van der Waals surface area contributed by atoms with Gasteiger partial charge in [-0.25, -0.2) is 0 Å². The van der Waals surface area contributed by atoms with Gasteiger partial charge in [-0.05, 0) is 53.1 Å². The van der Waals surface area contributed by atoms with Crippen LogP contribution in [-0.2, 0) is 0 Å².